The summed E-state index contributed by atoms with van der Waals surface area (Å²) in [5.41, 5.74) is 6.30. The van der Waals surface area contributed by atoms with Crippen LogP contribution < -0.4 is 0 Å². The zero-order valence-corrected chi connectivity index (χ0v) is 53.3. The third-order valence-corrected chi connectivity index (χ3v) is 16.4. The molecule has 0 bridgehead atoms. The molecule has 0 amide bonds. The van der Waals surface area contributed by atoms with Crippen LogP contribution >= 0.6 is 0 Å². The maximum atomic E-state index is 12.0. The van der Waals surface area contributed by atoms with Gasteiger partial charge in [-0.3, -0.25) is 0 Å². The van der Waals surface area contributed by atoms with Crippen LogP contribution in [0.1, 0.15) is 308 Å². The zero-order valence-electron chi connectivity index (χ0n) is 49.5. The minimum absolute atomic E-state index is 0. The van der Waals surface area contributed by atoms with E-state index in [4.69, 9.17) is 0 Å². The summed E-state index contributed by atoms with van der Waals surface area (Å²) >= 11 is 0. The standard InChI is InChI=1S/2C32H58O3S.Ca/c2*1-6-7-8-9-10-11-12-13-14-15-16-17-18-19-20-21-22-30-31(26-28(4)5)29(25-27(2)3)23-24-32(30)36(33,34)35;/h2*23-24,27-28H,6-22,25-26H2,1-5H3,(H,33,34,35);/q;;+2/p-2. The van der Waals surface area contributed by atoms with Gasteiger partial charge in [-0.1, -0.05) is 274 Å². The van der Waals surface area contributed by atoms with Gasteiger partial charge in [0, 0.05) is 0 Å². The van der Waals surface area contributed by atoms with Gasteiger partial charge in [-0.05, 0) is 121 Å². The summed E-state index contributed by atoms with van der Waals surface area (Å²) in [6.07, 6.45) is 47.1. The van der Waals surface area contributed by atoms with Gasteiger partial charge in [-0.15, -0.1) is 0 Å². The summed E-state index contributed by atoms with van der Waals surface area (Å²) in [5, 5.41) is 0. The van der Waals surface area contributed by atoms with Crippen LogP contribution in [0.25, 0.3) is 0 Å². The Morgan fingerprint density at radius 3 is 0.712 bits per heavy atom. The van der Waals surface area contributed by atoms with Crippen LogP contribution in [-0.2, 0) is 58.8 Å². The molecule has 420 valence electrons. The molecule has 0 atom stereocenters. The molecule has 0 saturated carbocycles. The van der Waals surface area contributed by atoms with E-state index in [-0.39, 0.29) is 47.5 Å². The van der Waals surface area contributed by atoms with Gasteiger partial charge in [0.15, 0.2) is 0 Å². The van der Waals surface area contributed by atoms with Crippen molar-refractivity contribution in [3.8, 4) is 0 Å². The van der Waals surface area contributed by atoms with Crippen LogP contribution in [0.2, 0.25) is 0 Å². The fraction of sp³-hybridized carbons (Fsp3) is 0.812. The Kier molecular flexibility index (Phi) is 44.1. The van der Waals surface area contributed by atoms with E-state index in [0.717, 1.165) is 73.6 Å². The number of benzene rings is 2. The average molecular weight is 1080 g/mol. The van der Waals surface area contributed by atoms with Crippen LogP contribution in [0, 0.1) is 23.7 Å². The van der Waals surface area contributed by atoms with Crippen molar-refractivity contribution < 1.29 is 25.9 Å². The molecule has 0 radical (unpaired) electrons. The molecule has 73 heavy (non-hydrogen) atoms. The van der Waals surface area contributed by atoms with Crippen LogP contribution in [0.5, 0.6) is 0 Å². The van der Waals surface area contributed by atoms with Crippen molar-refractivity contribution in [3.63, 3.8) is 0 Å². The molecule has 6 nitrogen and oxygen atoms in total. The van der Waals surface area contributed by atoms with Gasteiger partial charge in [-0.2, -0.15) is 0 Å². The normalized spacial score (nSPS) is 12.1. The van der Waals surface area contributed by atoms with Crippen molar-refractivity contribution in [2.45, 2.75) is 323 Å². The minimum atomic E-state index is -4.46. The third-order valence-electron chi connectivity index (χ3n) is 14.6. The van der Waals surface area contributed by atoms with Crippen molar-refractivity contribution in [1.29, 1.82) is 0 Å². The van der Waals surface area contributed by atoms with Gasteiger partial charge >= 0.3 is 37.7 Å². The fourth-order valence-corrected chi connectivity index (χ4v) is 12.3. The fourth-order valence-electron chi connectivity index (χ4n) is 10.7. The Hall–Kier alpha value is -0.480. The summed E-state index contributed by atoms with van der Waals surface area (Å²) in [6, 6.07) is 6.93. The van der Waals surface area contributed by atoms with Gasteiger partial charge in [0.05, 0.1) is 9.79 Å². The molecular formula is C64H114CaO6S2. The van der Waals surface area contributed by atoms with Gasteiger partial charge < -0.3 is 9.11 Å². The molecular weight excluding hydrogens is 969 g/mol. The molecule has 0 N–H and O–H groups in total. The third kappa shape index (κ3) is 36.3. The first kappa shape index (κ1) is 72.5. The summed E-state index contributed by atoms with van der Waals surface area (Å²) in [5.74, 6) is 1.83. The molecule has 0 aromatic heterocycles. The van der Waals surface area contributed by atoms with E-state index in [1.54, 1.807) is 12.1 Å². The molecule has 0 fully saturated rings. The number of unbranched alkanes of at least 4 members (excludes halogenated alkanes) is 30. The predicted molar refractivity (Wildman–Crippen MR) is 315 cm³/mol. The van der Waals surface area contributed by atoms with E-state index in [0.29, 0.717) is 36.5 Å². The number of hydrogen-bond acceptors (Lipinski definition) is 6. The zero-order chi connectivity index (χ0) is 53.6. The van der Waals surface area contributed by atoms with E-state index in [2.05, 4.69) is 69.2 Å². The van der Waals surface area contributed by atoms with E-state index in [1.165, 1.54) is 191 Å². The molecule has 9 heteroatoms. The second kappa shape index (κ2) is 44.4. The van der Waals surface area contributed by atoms with Gasteiger partial charge in [0.1, 0.15) is 20.2 Å². The van der Waals surface area contributed by atoms with Gasteiger partial charge in [-0.25, -0.2) is 16.8 Å². The van der Waals surface area contributed by atoms with E-state index >= 15 is 0 Å². The first-order valence-corrected chi connectivity index (χ1v) is 33.3. The Morgan fingerprint density at radius 2 is 0.521 bits per heavy atom. The maximum absolute atomic E-state index is 12.0. The smallest absolute Gasteiger partial charge is 0.744 e. The molecule has 0 aliphatic heterocycles. The van der Waals surface area contributed by atoms with Crippen molar-refractivity contribution >= 4 is 58.0 Å². The second-order valence-electron chi connectivity index (χ2n) is 23.8. The van der Waals surface area contributed by atoms with Gasteiger partial charge in [0.25, 0.3) is 0 Å². The second-order valence-corrected chi connectivity index (χ2v) is 26.5. The molecule has 2 rings (SSSR count). The Labute approximate surface area is 484 Å². The van der Waals surface area contributed by atoms with Crippen LogP contribution in [0.3, 0.4) is 0 Å². The molecule has 2 aromatic rings. The number of rotatable bonds is 44. The van der Waals surface area contributed by atoms with Crippen molar-refractivity contribution in [2.75, 3.05) is 0 Å². The van der Waals surface area contributed by atoms with Gasteiger partial charge in [0.2, 0.25) is 0 Å². The predicted octanol–water partition coefficient (Wildman–Crippen LogP) is 19.2. The molecule has 0 aliphatic rings. The van der Waals surface area contributed by atoms with E-state index in [9.17, 15) is 25.9 Å². The van der Waals surface area contributed by atoms with Crippen LogP contribution in [0.15, 0.2) is 34.1 Å². The van der Waals surface area contributed by atoms with Crippen LogP contribution in [-0.4, -0.2) is 63.7 Å². The Balaban J connectivity index is 0.00000140. The monoisotopic (exact) mass is 1080 g/mol. The van der Waals surface area contributed by atoms with Crippen LogP contribution in [0.4, 0.5) is 0 Å². The Bertz CT molecular complexity index is 1730. The van der Waals surface area contributed by atoms with Crippen molar-refractivity contribution in [1.82, 2.24) is 0 Å². The van der Waals surface area contributed by atoms with Crippen molar-refractivity contribution in [3.05, 3.63) is 57.6 Å². The summed E-state index contributed by atoms with van der Waals surface area (Å²) < 4.78 is 72.2. The summed E-state index contributed by atoms with van der Waals surface area (Å²) in [4.78, 5) is 0.0400. The molecule has 2 aromatic carbocycles. The summed E-state index contributed by atoms with van der Waals surface area (Å²) in [6.45, 7) is 21.9. The maximum Gasteiger partial charge on any atom is 2.00 e. The molecule has 0 heterocycles. The first-order chi connectivity index (χ1) is 34.3. The Morgan fingerprint density at radius 1 is 0.315 bits per heavy atom. The molecule has 0 saturated heterocycles. The quantitative estimate of drug-likeness (QED) is 0.0371. The number of hydrogen-bond donors (Lipinski definition) is 0. The SMILES string of the molecule is CCCCCCCCCCCCCCCCCCc1c(S(=O)(=O)[O-])ccc(CC(C)C)c1CC(C)C.CCCCCCCCCCCCCCCCCCc1c(S(=O)(=O)[O-])ccc(CC(C)C)c1CC(C)C.[Ca+2]. The average Bonchev–Trinajstić information content (AvgIpc) is 3.29. The molecule has 0 aliphatic carbocycles. The van der Waals surface area contributed by atoms with E-state index in [1.807, 2.05) is 12.1 Å². The summed E-state index contributed by atoms with van der Waals surface area (Å²) in [7, 11) is -8.92. The molecule has 0 unspecified atom stereocenters. The minimum Gasteiger partial charge on any atom is -0.744 e. The first-order valence-electron chi connectivity index (χ1n) is 30.5. The topological polar surface area (TPSA) is 114 Å². The van der Waals surface area contributed by atoms with E-state index < -0.39 is 20.2 Å². The van der Waals surface area contributed by atoms with Crippen molar-refractivity contribution in [2.24, 2.45) is 23.7 Å². The largest absolute Gasteiger partial charge is 2.00 e. The molecule has 0 spiro atoms.